The lowest BCUT2D eigenvalue weighted by Gasteiger charge is -2.15. The molecule has 4 heterocycles. The van der Waals surface area contributed by atoms with Crippen molar-refractivity contribution in [1.82, 2.24) is 24.5 Å². The third kappa shape index (κ3) is 5.46. The van der Waals surface area contributed by atoms with Gasteiger partial charge in [-0.2, -0.15) is 0 Å². The fourth-order valence-electron chi connectivity index (χ4n) is 7.93. The van der Waals surface area contributed by atoms with Crippen molar-refractivity contribution in [2.24, 2.45) is 0 Å². The molecule has 0 atom stereocenters. The molecule has 0 aliphatic carbocycles. The molecule has 0 amide bonds. The van der Waals surface area contributed by atoms with Crippen LogP contribution in [0.3, 0.4) is 0 Å². The number of thiophene rings is 1. The molecule has 7 aromatic carbocycles. The number of hydrogen-bond acceptors (Lipinski definition) is 5. The van der Waals surface area contributed by atoms with E-state index in [1.807, 2.05) is 84.4 Å². The molecule has 0 unspecified atom stereocenters. The number of benzene rings is 7. The highest BCUT2D eigenvalue weighted by atomic mass is 32.1. The predicted molar refractivity (Wildman–Crippen MR) is 232 cm³/mol. The van der Waals surface area contributed by atoms with Crippen molar-refractivity contribution < 1.29 is 0 Å². The number of hydrogen-bond donors (Lipinski definition) is 0. The normalized spacial score (nSPS) is 11.6. The van der Waals surface area contributed by atoms with Gasteiger partial charge in [0.15, 0.2) is 17.5 Å². The maximum absolute atomic E-state index is 5.04. The van der Waals surface area contributed by atoms with E-state index in [4.69, 9.17) is 15.0 Å². The Morgan fingerprint density at radius 3 is 1.68 bits per heavy atom. The fourth-order valence-corrected chi connectivity index (χ4v) is 9.04. The van der Waals surface area contributed by atoms with Crippen molar-refractivity contribution >= 4 is 53.3 Å². The Morgan fingerprint density at radius 1 is 0.375 bits per heavy atom. The Labute approximate surface area is 326 Å². The average molecular weight is 734 g/mol. The van der Waals surface area contributed by atoms with Crippen LogP contribution in [0.25, 0.3) is 104 Å². The summed E-state index contributed by atoms with van der Waals surface area (Å²) in [5, 5.41) is 5.04. The Kier molecular flexibility index (Phi) is 7.60. The van der Waals surface area contributed by atoms with Gasteiger partial charge in [0.25, 0.3) is 0 Å². The number of para-hydroxylation sites is 1. The van der Waals surface area contributed by atoms with Gasteiger partial charge in [0, 0.05) is 65.7 Å². The zero-order valence-corrected chi connectivity index (χ0v) is 30.9. The number of fused-ring (bicyclic) bond motifs is 7. The largest absolute Gasteiger partial charge is 0.309 e. The summed E-state index contributed by atoms with van der Waals surface area (Å²) in [7, 11) is 0. The maximum atomic E-state index is 5.04. The lowest BCUT2D eigenvalue weighted by atomic mass is 9.97. The van der Waals surface area contributed by atoms with Crippen LogP contribution in [-0.2, 0) is 0 Å². The molecule has 4 aromatic heterocycles. The second-order valence-corrected chi connectivity index (χ2v) is 15.0. The molecule has 11 aromatic rings. The molecule has 0 aliphatic rings. The number of nitrogens with zero attached hydrogens (tertiary/aromatic N) is 5. The highest BCUT2D eigenvalue weighted by Gasteiger charge is 2.20. The third-order valence-electron chi connectivity index (χ3n) is 10.5. The van der Waals surface area contributed by atoms with Gasteiger partial charge in [0.05, 0.1) is 11.0 Å². The zero-order chi connectivity index (χ0) is 37.0. The number of aromatic nitrogens is 5. The van der Waals surface area contributed by atoms with Gasteiger partial charge in [0.2, 0.25) is 0 Å². The summed E-state index contributed by atoms with van der Waals surface area (Å²) >= 11 is 1.85. The Balaban J connectivity index is 1.15. The van der Waals surface area contributed by atoms with E-state index in [1.165, 1.54) is 42.0 Å². The molecule has 0 aliphatic heterocycles. The van der Waals surface area contributed by atoms with Gasteiger partial charge >= 0.3 is 0 Å². The summed E-state index contributed by atoms with van der Waals surface area (Å²) < 4.78 is 5.04. The van der Waals surface area contributed by atoms with Crippen molar-refractivity contribution in [1.29, 1.82) is 0 Å². The molecule has 56 heavy (non-hydrogen) atoms. The van der Waals surface area contributed by atoms with Crippen LogP contribution in [0, 0.1) is 0 Å². The van der Waals surface area contributed by atoms with Crippen LogP contribution >= 0.6 is 11.3 Å². The van der Waals surface area contributed by atoms with Crippen molar-refractivity contribution in [2.45, 2.75) is 0 Å². The van der Waals surface area contributed by atoms with Crippen LogP contribution in [0.5, 0.6) is 0 Å². The first-order valence-electron chi connectivity index (χ1n) is 18.6. The third-order valence-corrected chi connectivity index (χ3v) is 11.7. The van der Waals surface area contributed by atoms with Crippen molar-refractivity contribution in [3.63, 3.8) is 0 Å². The van der Waals surface area contributed by atoms with Gasteiger partial charge in [-0.3, -0.25) is 4.98 Å². The van der Waals surface area contributed by atoms with Gasteiger partial charge in [-0.25, -0.2) is 15.0 Å². The van der Waals surface area contributed by atoms with Crippen LogP contribution in [0.1, 0.15) is 0 Å². The molecule has 0 bridgehead atoms. The molecule has 0 N–H and O–H groups in total. The van der Waals surface area contributed by atoms with Crippen LogP contribution in [0.15, 0.2) is 188 Å². The molecular formula is C50H31N5S. The molecule has 0 fully saturated rings. The molecule has 0 saturated heterocycles. The van der Waals surface area contributed by atoms with Crippen molar-refractivity contribution in [3.8, 4) is 62.1 Å². The van der Waals surface area contributed by atoms with Gasteiger partial charge in [0.1, 0.15) is 0 Å². The van der Waals surface area contributed by atoms with E-state index in [0.29, 0.717) is 17.5 Å². The molecule has 5 nitrogen and oxygen atoms in total. The van der Waals surface area contributed by atoms with Crippen LogP contribution in [-0.4, -0.2) is 24.5 Å². The molecule has 0 saturated carbocycles. The Morgan fingerprint density at radius 2 is 0.946 bits per heavy atom. The first-order chi connectivity index (χ1) is 27.7. The molecule has 0 radical (unpaired) electrons. The predicted octanol–water partition coefficient (Wildman–Crippen LogP) is 13.1. The minimum absolute atomic E-state index is 0.624. The first-order valence-corrected chi connectivity index (χ1v) is 19.4. The highest BCUT2D eigenvalue weighted by Crippen LogP contribution is 2.44. The monoisotopic (exact) mass is 733 g/mol. The van der Waals surface area contributed by atoms with E-state index < -0.39 is 0 Å². The van der Waals surface area contributed by atoms with E-state index in [-0.39, 0.29) is 0 Å². The lowest BCUT2D eigenvalue weighted by molar-refractivity contribution is 1.07. The number of pyridine rings is 1. The Bertz CT molecular complexity index is 3190. The van der Waals surface area contributed by atoms with Gasteiger partial charge < -0.3 is 4.57 Å². The molecular weight excluding hydrogens is 703 g/mol. The van der Waals surface area contributed by atoms with Crippen molar-refractivity contribution in [3.05, 3.63) is 188 Å². The summed E-state index contributed by atoms with van der Waals surface area (Å²) in [5.41, 5.74) is 10.6. The standard InChI is InChI=1S/C50H31N5S/c1-3-12-33(13-4-1)48-52-49(34-14-5-2-6-15-34)54-50(53-48)36-17-11-16-35(28-36)38-29-37(32-24-26-51-27-25-32)30-39(31-38)55-43-20-9-7-18-40(43)41-22-23-45-46(47(41)55)42-19-8-10-21-44(42)56-45/h1-31H. The van der Waals surface area contributed by atoms with E-state index in [9.17, 15) is 0 Å². The van der Waals surface area contributed by atoms with Gasteiger partial charge in [-0.15, -0.1) is 11.3 Å². The smallest absolute Gasteiger partial charge is 0.164 e. The molecule has 262 valence electrons. The second kappa shape index (κ2) is 13.2. The zero-order valence-electron chi connectivity index (χ0n) is 30.0. The molecule has 11 rings (SSSR count). The topological polar surface area (TPSA) is 56.5 Å². The summed E-state index contributed by atoms with van der Waals surface area (Å²) in [5.74, 6) is 1.90. The van der Waals surface area contributed by atoms with Crippen LogP contribution in [0.4, 0.5) is 0 Å². The van der Waals surface area contributed by atoms with E-state index in [0.717, 1.165) is 44.6 Å². The minimum Gasteiger partial charge on any atom is -0.309 e. The Hall–Kier alpha value is -7.28. The quantitative estimate of drug-likeness (QED) is 0.171. The van der Waals surface area contributed by atoms with Gasteiger partial charge in [-0.05, 0) is 76.9 Å². The summed E-state index contributed by atoms with van der Waals surface area (Å²) in [6.45, 7) is 0. The lowest BCUT2D eigenvalue weighted by Crippen LogP contribution is -2.00. The van der Waals surface area contributed by atoms with E-state index in [1.54, 1.807) is 0 Å². The molecule has 6 heteroatoms. The maximum Gasteiger partial charge on any atom is 0.164 e. The van der Waals surface area contributed by atoms with Crippen molar-refractivity contribution in [2.75, 3.05) is 0 Å². The number of rotatable bonds is 6. The highest BCUT2D eigenvalue weighted by molar-refractivity contribution is 7.26. The average Bonchev–Trinajstić information content (AvgIpc) is 3.83. The van der Waals surface area contributed by atoms with Crippen LogP contribution < -0.4 is 0 Å². The summed E-state index contributed by atoms with van der Waals surface area (Å²) in [6.07, 6.45) is 3.72. The minimum atomic E-state index is 0.624. The van der Waals surface area contributed by atoms with E-state index >= 15 is 0 Å². The summed E-state index contributed by atoms with van der Waals surface area (Å²) in [6, 6.07) is 62.0. The van der Waals surface area contributed by atoms with Gasteiger partial charge in [-0.1, -0.05) is 121 Å². The van der Waals surface area contributed by atoms with E-state index in [2.05, 4.69) is 125 Å². The fraction of sp³-hybridized carbons (Fsp3) is 0. The SMILES string of the molecule is c1ccc(-c2nc(-c3ccccc3)nc(-c3cccc(-c4cc(-c5ccncc5)cc(-n5c6ccccc6c6ccc7sc8ccccc8c7c65)c4)c3)n2)cc1. The second-order valence-electron chi connectivity index (χ2n) is 13.9. The van der Waals surface area contributed by atoms with Crippen LogP contribution in [0.2, 0.25) is 0 Å². The summed E-state index contributed by atoms with van der Waals surface area (Å²) in [4.78, 5) is 19.3. The molecule has 0 spiro atoms. The first kappa shape index (κ1) is 32.2.